The minimum absolute atomic E-state index is 0.164. The fraction of sp³-hybridized carbons (Fsp3) is 0.333. The van der Waals surface area contributed by atoms with Gasteiger partial charge in [-0.15, -0.1) is 0 Å². The van der Waals surface area contributed by atoms with Crippen molar-refractivity contribution in [1.29, 1.82) is 0 Å². The van der Waals surface area contributed by atoms with Gasteiger partial charge in [0.05, 0.1) is 4.90 Å². The molecule has 0 fully saturated rings. The highest BCUT2D eigenvalue weighted by Gasteiger charge is 2.21. The van der Waals surface area contributed by atoms with Crippen LogP contribution in [0.1, 0.15) is 13.3 Å². The molecule has 102 valence electrons. The molecule has 0 unspecified atom stereocenters. The van der Waals surface area contributed by atoms with E-state index in [0.717, 1.165) is 12.1 Å². The van der Waals surface area contributed by atoms with E-state index in [4.69, 9.17) is 10.7 Å². The maximum absolute atomic E-state index is 13.6. The molecule has 0 aliphatic rings. The molecule has 1 aromatic rings. The molecule has 0 aliphatic carbocycles. The van der Waals surface area contributed by atoms with Gasteiger partial charge in [-0.2, -0.15) is 0 Å². The average molecular weight is 316 g/mol. The van der Waals surface area contributed by atoms with Crippen LogP contribution in [0.15, 0.2) is 28.0 Å². The van der Waals surface area contributed by atoms with E-state index in [1.807, 2.05) is 0 Å². The zero-order valence-electron chi connectivity index (χ0n) is 9.35. The molecule has 0 aromatic heterocycles. The molecule has 0 saturated heterocycles. The van der Waals surface area contributed by atoms with E-state index in [1.54, 1.807) is 6.92 Å². The molecule has 0 radical (unpaired) electrons. The van der Waals surface area contributed by atoms with Crippen LogP contribution in [0.5, 0.6) is 0 Å². The van der Waals surface area contributed by atoms with Crippen molar-refractivity contribution in [2.75, 3.05) is 6.54 Å². The molecule has 1 rings (SSSR count). The highest BCUT2D eigenvalue weighted by molar-refractivity contribution is 8.13. The molecule has 0 aliphatic heterocycles. The zero-order valence-corrected chi connectivity index (χ0v) is 11.7. The second-order valence-corrected chi connectivity index (χ2v) is 7.73. The summed E-state index contributed by atoms with van der Waals surface area (Å²) >= 11 is 0. The van der Waals surface area contributed by atoms with Crippen LogP contribution in [0.2, 0.25) is 0 Å². The Balaban J connectivity index is 3.22. The van der Waals surface area contributed by atoms with Crippen molar-refractivity contribution in [2.45, 2.75) is 23.1 Å². The van der Waals surface area contributed by atoms with E-state index in [1.165, 1.54) is 0 Å². The summed E-state index contributed by atoms with van der Waals surface area (Å²) in [6, 6.07) is 2.37. The summed E-state index contributed by atoms with van der Waals surface area (Å²) in [4.78, 5) is -1.10. The van der Waals surface area contributed by atoms with Crippen LogP contribution < -0.4 is 4.72 Å². The monoisotopic (exact) mass is 315 g/mol. The van der Waals surface area contributed by atoms with Gasteiger partial charge in [0, 0.05) is 17.2 Å². The van der Waals surface area contributed by atoms with Crippen LogP contribution in [0.3, 0.4) is 0 Å². The maximum Gasteiger partial charge on any atom is 0.261 e. The molecule has 0 bridgehead atoms. The van der Waals surface area contributed by atoms with E-state index in [9.17, 15) is 21.2 Å². The van der Waals surface area contributed by atoms with Gasteiger partial charge in [0.2, 0.25) is 10.0 Å². The van der Waals surface area contributed by atoms with Crippen molar-refractivity contribution < 1.29 is 21.2 Å². The zero-order chi connectivity index (χ0) is 14.0. The predicted octanol–water partition coefficient (Wildman–Crippen LogP) is 1.44. The van der Waals surface area contributed by atoms with Gasteiger partial charge in [-0.3, -0.25) is 0 Å². The lowest BCUT2D eigenvalue weighted by Crippen LogP contribution is -2.25. The van der Waals surface area contributed by atoms with Crippen molar-refractivity contribution in [3.05, 3.63) is 24.0 Å². The van der Waals surface area contributed by atoms with E-state index in [0.29, 0.717) is 12.5 Å². The van der Waals surface area contributed by atoms with Crippen molar-refractivity contribution in [3.63, 3.8) is 0 Å². The first kappa shape index (κ1) is 15.4. The molecular formula is C9H11ClFNO4S2. The molecule has 0 heterocycles. The number of benzene rings is 1. The highest BCUT2D eigenvalue weighted by atomic mass is 35.7. The van der Waals surface area contributed by atoms with Crippen LogP contribution in [0.4, 0.5) is 4.39 Å². The lowest BCUT2D eigenvalue weighted by atomic mass is 10.3. The second-order valence-electron chi connectivity index (χ2n) is 3.43. The molecular weight excluding hydrogens is 305 g/mol. The third-order valence-corrected chi connectivity index (χ3v) is 4.86. The van der Waals surface area contributed by atoms with Crippen LogP contribution in [0, 0.1) is 5.82 Å². The van der Waals surface area contributed by atoms with Crippen LogP contribution in [0.25, 0.3) is 0 Å². The summed E-state index contributed by atoms with van der Waals surface area (Å²) in [5.41, 5.74) is 0. The Bertz CT molecular complexity index is 643. The standard InChI is InChI=1S/C9H11ClFNO4S2/c1-2-5-12-18(15,16)9-4-3-7(6-8(9)11)17(10,13)14/h3-4,6,12H,2,5H2,1H3. The topological polar surface area (TPSA) is 80.3 Å². The smallest absolute Gasteiger partial charge is 0.211 e. The fourth-order valence-corrected chi connectivity index (χ4v) is 3.12. The molecule has 0 atom stereocenters. The quantitative estimate of drug-likeness (QED) is 0.834. The normalized spacial score (nSPS) is 12.6. The van der Waals surface area contributed by atoms with Gasteiger partial charge >= 0.3 is 0 Å². The number of rotatable bonds is 5. The molecule has 18 heavy (non-hydrogen) atoms. The van der Waals surface area contributed by atoms with E-state index in [-0.39, 0.29) is 6.54 Å². The van der Waals surface area contributed by atoms with E-state index in [2.05, 4.69) is 4.72 Å². The molecule has 0 spiro atoms. The summed E-state index contributed by atoms with van der Waals surface area (Å²) in [6.07, 6.45) is 0.551. The van der Waals surface area contributed by atoms with Crippen LogP contribution in [-0.2, 0) is 19.1 Å². The SMILES string of the molecule is CCCNS(=O)(=O)c1ccc(S(=O)(=O)Cl)cc1F. The summed E-state index contributed by atoms with van der Waals surface area (Å²) in [6.45, 7) is 1.92. The van der Waals surface area contributed by atoms with Gasteiger partial charge in [0.1, 0.15) is 10.7 Å². The fourth-order valence-electron chi connectivity index (χ4n) is 1.17. The lowest BCUT2D eigenvalue weighted by molar-refractivity contribution is 0.553. The molecule has 1 aromatic carbocycles. The number of sulfonamides is 1. The van der Waals surface area contributed by atoms with Gasteiger partial charge in [-0.05, 0) is 24.6 Å². The summed E-state index contributed by atoms with van der Waals surface area (Å²) in [5, 5.41) is 0. The predicted molar refractivity (Wildman–Crippen MR) is 64.9 cm³/mol. The maximum atomic E-state index is 13.6. The van der Waals surface area contributed by atoms with Crippen molar-refractivity contribution in [2.24, 2.45) is 0 Å². The molecule has 1 N–H and O–H groups in total. The largest absolute Gasteiger partial charge is 0.261 e. The Kier molecular flexibility index (Phi) is 4.71. The van der Waals surface area contributed by atoms with Gasteiger partial charge in [0.15, 0.2) is 0 Å². The lowest BCUT2D eigenvalue weighted by Gasteiger charge is -2.07. The second kappa shape index (κ2) is 5.52. The molecule has 5 nitrogen and oxygen atoms in total. The van der Waals surface area contributed by atoms with E-state index < -0.39 is 34.7 Å². The summed E-state index contributed by atoms with van der Waals surface area (Å²) in [5.74, 6) is -1.17. The molecule has 0 saturated carbocycles. The third-order valence-electron chi connectivity index (χ3n) is 2.02. The molecule has 0 amide bonds. The van der Waals surface area contributed by atoms with Crippen molar-refractivity contribution >= 4 is 29.8 Å². The summed E-state index contributed by atoms with van der Waals surface area (Å²) < 4.78 is 60.9. The van der Waals surface area contributed by atoms with Gasteiger partial charge in [-0.1, -0.05) is 6.92 Å². The summed E-state index contributed by atoms with van der Waals surface area (Å²) in [7, 11) is -3.04. The Morgan fingerprint density at radius 3 is 2.33 bits per heavy atom. The minimum atomic E-state index is -4.09. The van der Waals surface area contributed by atoms with Crippen molar-refractivity contribution in [1.82, 2.24) is 4.72 Å². The average Bonchev–Trinajstić information content (AvgIpc) is 2.24. The first-order valence-electron chi connectivity index (χ1n) is 4.92. The third kappa shape index (κ3) is 3.64. The number of nitrogens with one attached hydrogen (secondary N) is 1. The van der Waals surface area contributed by atoms with Gasteiger partial charge in [-0.25, -0.2) is 25.9 Å². The van der Waals surface area contributed by atoms with Crippen LogP contribution >= 0.6 is 10.7 Å². The van der Waals surface area contributed by atoms with Gasteiger partial charge < -0.3 is 0 Å². The number of hydrogen-bond acceptors (Lipinski definition) is 4. The first-order valence-corrected chi connectivity index (χ1v) is 8.71. The van der Waals surface area contributed by atoms with E-state index >= 15 is 0 Å². The number of halogens is 2. The Morgan fingerprint density at radius 2 is 1.89 bits per heavy atom. The highest BCUT2D eigenvalue weighted by Crippen LogP contribution is 2.21. The van der Waals surface area contributed by atoms with Crippen LogP contribution in [-0.4, -0.2) is 23.4 Å². The first-order chi connectivity index (χ1) is 8.18. The van der Waals surface area contributed by atoms with Crippen molar-refractivity contribution in [3.8, 4) is 0 Å². The number of hydrogen-bond donors (Lipinski definition) is 1. The minimum Gasteiger partial charge on any atom is -0.211 e. The van der Waals surface area contributed by atoms with Gasteiger partial charge in [0.25, 0.3) is 9.05 Å². The Labute approximate surface area is 109 Å². The Hall–Kier alpha value is -0.700. The molecule has 9 heteroatoms. The Morgan fingerprint density at radius 1 is 1.28 bits per heavy atom.